The third-order valence-electron chi connectivity index (χ3n) is 6.84. The number of quaternary nitrogens is 1. The lowest BCUT2D eigenvalue weighted by atomic mass is 10.1. The lowest BCUT2D eigenvalue weighted by Crippen LogP contribution is -2.55. The van der Waals surface area contributed by atoms with Crippen LogP contribution >= 0.6 is 0 Å². The van der Waals surface area contributed by atoms with E-state index < -0.39 is 18.1 Å². The summed E-state index contributed by atoms with van der Waals surface area (Å²) in [4.78, 5) is 36.4. The summed E-state index contributed by atoms with van der Waals surface area (Å²) in [6, 6.07) is -0.742. The number of rotatable bonds is 28. The van der Waals surface area contributed by atoms with Crippen molar-refractivity contribution in [1.29, 1.82) is 0 Å². The average Bonchev–Trinajstić information content (AvgIpc) is 3.00. The van der Waals surface area contributed by atoms with E-state index in [1.165, 1.54) is 0 Å². The lowest BCUT2D eigenvalue weighted by Gasteiger charge is -2.34. The van der Waals surface area contributed by atoms with Gasteiger partial charge in [0, 0.05) is 19.3 Å². The van der Waals surface area contributed by atoms with E-state index >= 15 is 0 Å². The van der Waals surface area contributed by atoms with Crippen molar-refractivity contribution in [3.63, 3.8) is 0 Å². The number of carbonyl (C=O) groups is 3. The number of aliphatic carboxylic acids is 1. The topological polar surface area (TPSA) is 102 Å². The predicted octanol–water partition coefficient (Wildman–Crippen LogP) is 6.73. The molecule has 0 aliphatic carbocycles. The first-order chi connectivity index (χ1) is 22.1. The number of allylic oxidation sites excluding steroid dienone is 12. The van der Waals surface area contributed by atoms with Gasteiger partial charge in [-0.05, 0) is 64.2 Å². The van der Waals surface area contributed by atoms with E-state index in [2.05, 4.69) is 86.8 Å². The highest BCUT2D eigenvalue weighted by Gasteiger charge is 2.25. The fourth-order valence-corrected chi connectivity index (χ4v) is 4.23. The molecule has 0 radical (unpaired) electrons. The van der Waals surface area contributed by atoms with Crippen LogP contribution < -0.4 is 5.11 Å². The van der Waals surface area contributed by atoms with Gasteiger partial charge in [-0.15, -0.1) is 0 Å². The molecular weight excluding hydrogens is 582 g/mol. The minimum Gasteiger partial charge on any atom is -0.544 e. The molecule has 8 heteroatoms. The zero-order valence-corrected chi connectivity index (χ0v) is 29.2. The van der Waals surface area contributed by atoms with Crippen molar-refractivity contribution in [2.45, 2.75) is 109 Å². The summed E-state index contributed by atoms with van der Waals surface area (Å²) in [6.07, 6.45) is 33.9. The van der Waals surface area contributed by atoms with Gasteiger partial charge in [0.05, 0.1) is 40.3 Å². The summed E-state index contributed by atoms with van der Waals surface area (Å²) in [6.45, 7) is 4.25. The molecule has 0 spiro atoms. The molecular formula is C38H61NO7. The maximum atomic E-state index is 12.5. The Balaban J connectivity index is 4.66. The number of carboxylic acids is 1. The molecule has 0 N–H and O–H groups in total. The number of ether oxygens (including phenoxy) is 3. The molecule has 0 saturated carbocycles. The van der Waals surface area contributed by atoms with Crippen molar-refractivity contribution in [3.8, 4) is 0 Å². The number of carboxylic acid groups (broad SMARTS) is 1. The van der Waals surface area contributed by atoms with Crippen LogP contribution in [0.5, 0.6) is 0 Å². The van der Waals surface area contributed by atoms with E-state index in [1.54, 1.807) is 21.1 Å². The Morgan fingerprint density at radius 3 is 1.57 bits per heavy atom. The van der Waals surface area contributed by atoms with Crippen LogP contribution in [0.4, 0.5) is 0 Å². The summed E-state index contributed by atoms with van der Waals surface area (Å²) >= 11 is 0. The number of nitrogens with zero attached hydrogens (tertiary/aromatic N) is 1. The second kappa shape index (κ2) is 29.2. The monoisotopic (exact) mass is 643 g/mol. The standard InChI is InChI=1S/C38H61NO7/c1-6-8-10-12-14-16-18-20-22-24-26-28-36(40)45-33-34(32-44-31-30-35(38(42)43)39(3,4)5)46-37(41)29-27-25-23-21-19-17-15-13-11-9-7-2/h8-11,14-17,20-23,34-35H,6-7,12-13,18-19,24-33H2,1-5H3/b10-8+,11-9+,16-14+,17-15+,22-20+,23-21+. The molecule has 2 atom stereocenters. The van der Waals surface area contributed by atoms with E-state index in [0.717, 1.165) is 51.4 Å². The normalized spacial score (nSPS) is 14.0. The van der Waals surface area contributed by atoms with Gasteiger partial charge in [0.25, 0.3) is 0 Å². The number of esters is 2. The van der Waals surface area contributed by atoms with Crippen LogP contribution in [0.2, 0.25) is 0 Å². The Kier molecular flexibility index (Phi) is 27.1. The molecule has 0 aliphatic heterocycles. The van der Waals surface area contributed by atoms with Crippen LogP contribution in [-0.4, -0.2) is 75.5 Å². The molecule has 0 rings (SSSR count). The molecule has 8 nitrogen and oxygen atoms in total. The van der Waals surface area contributed by atoms with Crippen molar-refractivity contribution >= 4 is 17.9 Å². The summed E-state index contributed by atoms with van der Waals surface area (Å²) in [5, 5.41) is 11.5. The van der Waals surface area contributed by atoms with Crippen LogP contribution in [0, 0.1) is 0 Å². The molecule has 0 saturated heterocycles. The van der Waals surface area contributed by atoms with Crippen LogP contribution in [0.1, 0.15) is 97.3 Å². The molecule has 0 heterocycles. The Bertz CT molecular complexity index is 985. The maximum Gasteiger partial charge on any atom is 0.306 e. The number of hydrogen-bond acceptors (Lipinski definition) is 7. The minimum absolute atomic E-state index is 0.000103. The van der Waals surface area contributed by atoms with Crippen LogP contribution in [-0.2, 0) is 28.6 Å². The molecule has 0 amide bonds. The molecule has 0 bridgehead atoms. The third kappa shape index (κ3) is 27.1. The van der Waals surface area contributed by atoms with E-state index in [9.17, 15) is 19.5 Å². The minimum atomic E-state index is -1.15. The summed E-state index contributed by atoms with van der Waals surface area (Å²) in [5.41, 5.74) is 0. The van der Waals surface area contributed by atoms with Crippen molar-refractivity contribution in [3.05, 3.63) is 72.9 Å². The fourth-order valence-electron chi connectivity index (χ4n) is 4.23. The Hall–Kier alpha value is -3.23. The SMILES string of the molecule is CC/C=C/C/C=C/C/C=C/CCCC(=O)OCC(COCCC(C(=O)[O-])[N+](C)(C)C)OC(=O)CCC/C=C/C/C=C/C/C=C/CC. The fraction of sp³-hybridized carbons (Fsp3) is 0.605. The largest absolute Gasteiger partial charge is 0.544 e. The molecule has 0 aromatic heterocycles. The van der Waals surface area contributed by atoms with Crippen LogP contribution in [0.15, 0.2) is 72.9 Å². The zero-order valence-electron chi connectivity index (χ0n) is 29.2. The highest BCUT2D eigenvalue weighted by Crippen LogP contribution is 2.09. The zero-order chi connectivity index (χ0) is 34.3. The maximum absolute atomic E-state index is 12.5. The van der Waals surface area contributed by atoms with Gasteiger partial charge in [-0.1, -0.05) is 86.8 Å². The lowest BCUT2D eigenvalue weighted by molar-refractivity contribution is -0.889. The van der Waals surface area contributed by atoms with E-state index in [4.69, 9.17) is 14.2 Å². The Labute approximate surface area is 279 Å². The molecule has 0 aliphatic rings. The first-order valence-electron chi connectivity index (χ1n) is 17.0. The summed E-state index contributed by atoms with van der Waals surface area (Å²) in [5.74, 6) is -1.90. The van der Waals surface area contributed by atoms with Crippen molar-refractivity contribution < 1.29 is 38.2 Å². The molecule has 0 aromatic rings. The third-order valence-corrected chi connectivity index (χ3v) is 6.84. The van der Waals surface area contributed by atoms with Crippen LogP contribution in [0.3, 0.4) is 0 Å². The van der Waals surface area contributed by atoms with Gasteiger partial charge in [-0.2, -0.15) is 0 Å². The van der Waals surface area contributed by atoms with Gasteiger partial charge in [-0.3, -0.25) is 9.59 Å². The molecule has 2 unspecified atom stereocenters. The summed E-state index contributed by atoms with van der Waals surface area (Å²) < 4.78 is 16.9. The van der Waals surface area contributed by atoms with E-state index in [0.29, 0.717) is 12.8 Å². The first-order valence-corrected chi connectivity index (χ1v) is 17.0. The van der Waals surface area contributed by atoms with Gasteiger partial charge < -0.3 is 28.6 Å². The molecule has 0 aromatic carbocycles. The molecule has 46 heavy (non-hydrogen) atoms. The number of unbranched alkanes of at least 4 members (excludes halogenated alkanes) is 2. The number of hydrogen-bond donors (Lipinski definition) is 0. The average molecular weight is 644 g/mol. The summed E-state index contributed by atoms with van der Waals surface area (Å²) in [7, 11) is 5.34. The predicted molar refractivity (Wildman–Crippen MR) is 185 cm³/mol. The van der Waals surface area contributed by atoms with Gasteiger partial charge in [0.15, 0.2) is 6.10 Å². The molecule has 0 fully saturated rings. The quantitative estimate of drug-likeness (QED) is 0.0403. The second-order valence-corrected chi connectivity index (χ2v) is 12.0. The Morgan fingerprint density at radius 1 is 0.652 bits per heavy atom. The van der Waals surface area contributed by atoms with Gasteiger partial charge in [-0.25, -0.2) is 0 Å². The number of carbonyl (C=O) groups excluding carboxylic acids is 3. The highest BCUT2D eigenvalue weighted by molar-refractivity contribution is 5.70. The smallest absolute Gasteiger partial charge is 0.306 e. The molecule has 260 valence electrons. The van der Waals surface area contributed by atoms with Crippen molar-refractivity contribution in [2.24, 2.45) is 0 Å². The van der Waals surface area contributed by atoms with Crippen molar-refractivity contribution in [1.82, 2.24) is 0 Å². The Morgan fingerprint density at radius 2 is 1.11 bits per heavy atom. The van der Waals surface area contributed by atoms with Gasteiger partial charge in [0.1, 0.15) is 12.6 Å². The van der Waals surface area contributed by atoms with Gasteiger partial charge >= 0.3 is 11.9 Å². The van der Waals surface area contributed by atoms with E-state index in [1.807, 2.05) is 0 Å². The van der Waals surface area contributed by atoms with Crippen LogP contribution in [0.25, 0.3) is 0 Å². The highest BCUT2D eigenvalue weighted by atomic mass is 16.6. The number of likely N-dealkylation sites (N-methyl/N-ethyl adjacent to an activating group) is 1. The first kappa shape index (κ1) is 42.8. The van der Waals surface area contributed by atoms with E-state index in [-0.39, 0.29) is 55.5 Å². The van der Waals surface area contributed by atoms with Crippen molar-refractivity contribution in [2.75, 3.05) is 41.0 Å². The second-order valence-electron chi connectivity index (χ2n) is 12.0. The van der Waals surface area contributed by atoms with Gasteiger partial charge in [0.2, 0.25) is 0 Å².